The maximum absolute atomic E-state index is 5.85. The number of hydrogen-bond acceptors (Lipinski definition) is 4. The zero-order chi connectivity index (χ0) is 15.1. The molecule has 2 rings (SSSR count). The molecule has 0 bridgehead atoms. The van der Waals surface area contributed by atoms with Crippen LogP contribution in [0.5, 0.6) is 11.5 Å². The molecule has 114 valence electrons. The molecule has 2 N–H and O–H groups in total. The Bertz CT molecular complexity index is 566. The molecule has 21 heavy (non-hydrogen) atoms. The van der Waals surface area contributed by atoms with E-state index in [2.05, 4.69) is 9.55 Å². The van der Waals surface area contributed by atoms with E-state index < -0.39 is 0 Å². The van der Waals surface area contributed by atoms with E-state index in [4.69, 9.17) is 15.2 Å². The summed E-state index contributed by atoms with van der Waals surface area (Å²) in [6.45, 7) is 6.53. The first kappa shape index (κ1) is 15.4. The monoisotopic (exact) mass is 289 g/mol. The molecule has 0 aliphatic rings. The highest BCUT2D eigenvalue weighted by atomic mass is 16.5. The Morgan fingerprint density at radius 3 is 2.76 bits per heavy atom. The van der Waals surface area contributed by atoms with Gasteiger partial charge in [-0.1, -0.05) is 6.07 Å². The van der Waals surface area contributed by atoms with Crippen LogP contribution in [-0.4, -0.2) is 29.3 Å². The first-order valence-electron chi connectivity index (χ1n) is 7.31. The van der Waals surface area contributed by atoms with E-state index in [-0.39, 0.29) is 0 Å². The first-order valence-corrected chi connectivity index (χ1v) is 7.31. The Morgan fingerprint density at radius 2 is 2.10 bits per heavy atom. The highest BCUT2D eigenvalue weighted by Gasteiger charge is 2.07. The SMILES string of the molecule is CCOc1cc(CCN)ccc1OCCn1ccnc1C. The van der Waals surface area contributed by atoms with Crippen molar-refractivity contribution in [3.63, 3.8) is 0 Å². The van der Waals surface area contributed by atoms with Gasteiger partial charge in [-0.2, -0.15) is 0 Å². The van der Waals surface area contributed by atoms with Gasteiger partial charge in [0.1, 0.15) is 12.4 Å². The van der Waals surface area contributed by atoms with Crippen LogP contribution in [0.4, 0.5) is 0 Å². The van der Waals surface area contributed by atoms with Crippen LogP contribution in [-0.2, 0) is 13.0 Å². The molecule has 0 fully saturated rings. The Kier molecular flexibility index (Phi) is 5.63. The molecule has 0 radical (unpaired) electrons. The average molecular weight is 289 g/mol. The Hall–Kier alpha value is -2.01. The molecule has 0 saturated heterocycles. The van der Waals surface area contributed by atoms with E-state index in [0.717, 1.165) is 30.3 Å². The molecule has 0 amide bonds. The van der Waals surface area contributed by atoms with Gasteiger partial charge in [0.15, 0.2) is 11.5 Å². The Balaban J connectivity index is 1.99. The van der Waals surface area contributed by atoms with Crippen LogP contribution in [0.1, 0.15) is 18.3 Å². The molecule has 0 aliphatic carbocycles. The second-order valence-corrected chi connectivity index (χ2v) is 4.77. The van der Waals surface area contributed by atoms with E-state index in [9.17, 15) is 0 Å². The third kappa shape index (κ3) is 4.23. The van der Waals surface area contributed by atoms with Crippen LogP contribution >= 0.6 is 0 Å². The summed E-state index contributed by atoms with van der Waals surface area (Å²) in [5, 5.41) is 0. The number of benzene rings is 1. The molecular weight excluding hydrogens is 266 g/mol. The van der Waals surface area contributed by atoms with Gasteiger partial charge in [-0.05, 0) is 44.5 Å². The molecular formula is C16H23N3O2. The van der Waals surface area contributed by atoms with E-state index in [0.29, 0.717) is 19.8 Å². The smallest absolute Gasteiger partial charge is 0.161 e. The zero-order valence-corrected chi connectivity index (χ0v) is 12.7. The fourth-order valence-corrected chi connectivity index (χ4v) is 2.16. The first-order chi connectivity index (χ1) is 10.2. The minimum absolute atomic E-state index is 0.577. The topological polar surface area (TPSA) is 62.3 Å². The lowest BCUT2D eigenvalue weighted by Crippen LogP contribution is -2.10. The Labute approximate surface area is 125 Å². The number of nitrogens with zero attached hydrogens (tertiary/aromatic N) is 2. The second-order valence-electron chi connectivity index (χ2n) is 4.77. The maximum Gasteiger partial charge on any atom is 0.161 e. The van der Waals surface area contributed by atoms with Crippen molar-refractivity contribution in [1.82, 2.24) is 9.55 Å². The van der Waals surface area contributed by atoms with Crippen molar-refractivity contribution in [2.75, 3.05) is 19.8 Å². The third-order valence-corrected chi connectivity index (χ3v) is 3.25. The van der Waals surface area contributed by atoms with Gasteiger partial charge in [0, 0.05) is 12.4 Å². The predicted octanol–water partition coefficient (Wildman–Crippen LogP) is 2.17. The van der Waals surface area contributed by atoms with E-state index in [1.165, 1.54) is 5.56 Å². The van der Waals surface area contributed by atoms with E-state index >= 15 is 0 Å². The van der Waals surface area contributed by atoms with Gasteiger partial charge in [-0.25, -0.2) is 4.98 Å². The lowest BCUT2D eigenvalue weighted by molar-refractivity contribution is 0.265. The van der Waals surface area contributed by atoms with Crippen molar-refractivity contribution in [3.05, 3.63) is 42.0 Å². The summed E-state index contributed by atoms with van der Waals surface area (Å²) in [4.78, 5) is 4.19. The second kappa shape index (κ2) is 7.69. The average Bonchev–Trinajstić information content (AvgIpc) is 2.87. The van der Waals surface area contributed by atoms with Gasteiger partial charge >= 0.3 is 0 Å². The van der Waals surface area contributed by atoms with Crippen LogP contribution in [0.25, 0.3) is 0 Å². The van der Waals surface area contributed by atoms with Crippen molar-refractivity contribution in [1.29, 1.82) is 0 Å². The van der Waals surface area contributed by atoms with E-state index in [1.54, 1.807) is 6.20 Å². The summed E-state index contributed by atoms with van der Waals surface area (Å²) < 4.78 is 13.6. The van der Waals surface area contributed by atoms with Crippen LogP contribution < -0.4 is 15.2 Å². The van der Waals surface area contributed by atoms with Crippen LogP contribution in [0, 0.1) is 6.92 Å². The zero-order valence-electron chi connectivity index (χ0n) is 12.7. The number of ether oxygens (including phenoxy) is 2. The number of imidazole rings is 1. The molecule has 1 aromatic heterocycles. The van der Waals surface area contributed by atoms with Crippen LogP contribution in [0.15, 0.2) is 30.6 Å². The lowest BCUT2D eigenvalue weighted by atomic mass is 10.1. The van der Waals surface area contributed by atoms with Gasteiger partial charge in [0.25, 0.3) is 0 Å². The van der Waals surface area contributed by atoms with Crippen molar-refractivity contribution in [3.8, 4) is 11.5 Å². The van der Waals surface area contributed by atoms with Gasteiger partial charge < -0.3 is 19.8 Å². The fourth-order valence-electron chi connectivity index (χ4n) is 2.16. The highest BCUT2D eigenvalue weighted by molar-refractivity contribution is 5.43. The van der Waals surface area contributed by atoms with Crippen molar-refractivity contribution in [2.24, 2.45) is 5.73 Å². The molecule has 0 spiro atoms. The Morgan fingerprint density at radius 1 is 1.24 bits per heavy atom. The van der Waals surface area contributed by atoms with Gasteiger partial charge in [-0.3, -0.25) is 0 Å². The standard InChI is InChI=1S/C16H23N3O2/c1-3-20-16-12-14(6-7-17)4-5-15(16)21-11-10-19-9-8-18-13(19)2/h4-5,8-9,12H,3,6-7,10-11,17H2,1-2H3. The summed E-state index contributed by atoms with van der Waals surface area (Å²) in [6.07, 6.45) is 4.59. The highest BCUT2D eigenvalue weighted by Crippen LogP contribution is 2.28. The summed E-state index contributed by atoms with van der Waals surface area (Å²) in [6, 6.07) is 6.00. The normalized spacial score (nSPS) is 10.6. The number of aromatic nitrogens is 2. The van der Waals surface area contributed by atoms with Gasteiger partial charge in [0.05, 0.1) is 13.2 Å². The lowest BCUT2D eigenvalue weighted by Gasteiger charge is -2.14. The molecule has 5 heteroatoms. The van der Waals surface area contributed by atoms with Crippen molar-refractivity contribution < 1.29 is 9.47 Å². The van der Waals surface area contributed by atoms with Crippen LogP contribution in [0.3, 0.4) is 0 Å². The van der Waals surface area contributed by atoms with Crippen molar-refractivity contribution in [2.45, 2.75) is 26.8 Å². The largest absolute Gasteiger partial charge is 0.490 e. The minimum atomic E-state index is 0.577. The molecule has 0 unspecified atom stereocenters. The molecule has 5 nitrogen and oxygen atoms in total. The molecule has 0 atom stereocenters. The molecule has 2 aromatic rings. The number of aryl methyl sites for hydroxylation is 1. The van der Waals surface area contributed by atoms with Crippen molar-refractivity contribution >= 4 is 0 Å². The van der Waals surface area contributed by atoms with Crippen LogP contribution in [0.2, 0.25) is 0 Å². The maximum atomic E-state index is 5.85. The molecule has 0 aliphatic heterocycles. The number of rotatable bonds is 8. The summed E-state index contributed by atoms with van der Waals surface area (Å²) >= 11 is 0. The summed E-state index contributed by atoms with van der Waals surface area (Å²) in [5.74, 6) is 2.54. The van der Waals surface area contributed by atoms with Gasteiger partial charge in [0.2, 0.25) is 0 Å². The minimum Gasteiger partial charge on any atom is -0.490 e. The molecule has 0 saturated carbocycles. The molecule has 1 aromatic carbocycles. The van der Waals surface area contributed by atoms with Gasteiger partial charge in [-0.15, -0.1) is 0 Å². The number of nitrogens with two attached hydrogens (primary N) is 1. The third-order valence-electron chi connectivity index (χ3n) is 3.25. The number of hydrogen-bond donors (Lipinski definition) is 1. The quantitative estimate of drug-likeness (QED) is 0.809. The predicted molar refractivity (Wildman–Crippen MR) is 82.8 cm³/mol. The molecule has 1 heterocycles. The fraction of sp³-hybridized carbons (Fsp3) is 0.438. The summed E-state index contributed by atoms with van der Waals surface area (Å²) in [7, 11) is 0. The van der Waals surface area contributed by atoms with E-state index in [1.807, 2.05) is 38.2 Å². The summed E-state index contributed by atoms with van der Waals surface area (Å²) in [5.41, 5.74) is 6.76.